The fourth-order valence-corrected chi connectivity index (χ4v) is 1.41. The molecule has 4 nitrogen and oxygen atoms in total. The average Bonchev–Trinajstić information content (AvgIpc) is 2.11. The topological polar surface area (TPSA) is 62.5 Å². The number of carboxylic acids is 1. The number of rotatable bonds is 3. The van der Waals surface area contributed by atoms with Crippen LogP contribution in [0.3, 0.4) is 0 Å². The van der Waals surface area contributed by atoms with Gasteiger partial charge in [-0.3, -0.25) is 4.99 Å². The molecule has 2 atom stereocenters. The lowest BCUT2D eigenvalue weighted by Gasteiger charge is -2.07. The van der Waals surface area contributed by atoms with E-state index in [0.29, 0.717) is 10.3 Å². The van der Waals surface area contributed by atoms with Crippen LogP contribution in [0.4, 0.5) is 0 Å². The first kappa shape index (κ1) is 11.3. The highest BCUT2D eigenvalue weighted by Crippen LogP contribution is 2.17. The van der Waals surface area contributed by atoms with Crippen LogP contribution < -0.4 is 5.30 Å². The van der Waals surface area contributed by atoms with E-state index in [-0.39, 0.29) is 0 Å². The van der Waals surface area contributed by atoms with Crippen molar-refractivity contribution in [2.45, 2.75) is 6.04 Å². The first-order valence-electron chi connectivity index (χ1n) is 3.67. The molecular formula is C8H8BrN2O2P. The van der Waals surface area contributed by atoms with E-state index < -0.39 is 12.0 Å². The van der Waals surface area contributed by atoms with Gasteiger partial charge in [-0.2, -0.15) is 0 Å². The van der Waals surface area contributed by atoms with E-state index in [0.717, 1.165) is 5.30 Å². The Morgan fingerprint density at radius 2 is 2.36 bits per heavy atom. The van der Waals surface area contributed by atoms with Crippen molar-refractivity contribution in [3.05, 3.63) is 22.4 Å². The molecule has 0 bridgehead atoms. The molecule has 1 N–H and O–H groups in total. The summed E-state index contributed by atoms with van der Waals surface area (Å²) in [5.74, 6) is -1.06. The summed E-state index contributed by atoms with van der Waals surface area (Å²) in [4.78, 5) is 18.3. The molecule has 14 heavy (non-hydrogen) atoms. The molecule has 74 valence electrons. The Balaban J connectivity index is 3.12. The van der Waals surface area contributed by atoms with E-state index in [4.69, 9.17) is 5.11 Å². The number of hydrogen-bond donors (Lipinski definition) is 1. The number of carbonyl (C=O) groups is 1. The summed E-state index contributed by atoms with van der Waals surface area (Å²) >= 11 is 3.21. The molecule has 0 amide bonds. The van der Waals surface area contributed by atoms with Crippen LogP contribution in [-0.4, -0.2) is 22.8 Å². The quantitative estimate of drug-likeness (QED) is 0.511. The van der Waals surface area contributed by atoms with Crippen LogP contribution in [0, 0.1) is 0 Å². The van der Waals surface area contributed by atoms with Crippen molar-refractivity contribution < 1.29 is 9.90 Å². The first-order chi connectivity index (χ1) is 6.56. The van der Waals surface area contributed by atoms with Crippen molar-refractivity contribution >= 4 is 43.2 Å². The minimum absolute atomic E-state index is 0.366. The van der Waals surface area contributed by atoms with Crippen molar-refractivity contribution in [1.82, 2.24) is 4.98 Å². The fraction of sp³-hybridized carbons (Fsp3) is 0.125. The number of nitrogens with zero attached hydrogens (tertiary/aromatic N) is 2. The van der Waals surface area contributed by atoms with Gasteiger partial charge in [0.25, 0.3) is 0 Å². The molecule has 0 aliphatic heterocycles. The summed E-state index contributed by atoms with van der Waals surface area (Å²) in [5, 5.41) is 9.66. The number of carboxylic acid groups (broad SMARTS) is 1. The van der Waals surface area contributed by atoms with Gasteiger partial charge in [-0.05, 0) is 28.7 Å². The third kappa shape index (κ3) is 2.36. The summed E-state index contributed by atoms with van der Waals surface area (Å²) in [5.41, 5.74) is 0.366. The van der Waals surface area contributed by atoms with Crippen molar-refractivity contribution in [1.29, 1.82) is 0 Å². The maximum absolute atomic E-state index is 10.7. The summed E-state index contributed by atoms with van der Waals surface area (Å²) in [6.45, 7) is 3.22. The maximum atomic E-state index is 10.7. The third-order valence-electron chi connectivity index (χ3n) is 1.60. The van der Waals surface area contributed by atoms with Crippen molar-refractivity contribution in [2.75, 3.05) is 0 Å². The second-order valence-corrected chi connectivity index (χ2v) is 3.91. The van der Waals surface area contributed by atoms with Crippen LogP contribution in [0.1, 0.15) is 11.7 Å². The molecule has 1 rings (SSSR count). The SMILES string of the molecule is C=NC(C(=O)O)c1ccc(P)c(Br)n1. The lowest BCUT2D eigenvalue weighted by molar-refractivity contribution is -0.138. The molecule has 1 heterocycles. The Morgan fingerprint density at radius 3 is 2.79 bits per heavy atom. The molecular weight excluding hydrogens is 267 g/mol. The molecule has 2 unspecified atom stereocenters. The summed E-state index contributed by atoms with van der Waals surface area (Å²) in [6, 6.07) is 2.36. The van der Waals surface area contributed by atoms with Crippen LogP contribution in [0.5, 0.6) is 0 Å². The Morgan fingerprint density at radius 1 is 1.71 bits per heavy atom. The number of halogens is 1. The van der Waals surface area contributed by atoms with Crippen molar-refractivity contribution in [3.63, 3.8) is 0 Å². The predicted octanol–water partition coefficient (Wildman–Crippen LogP) is 1.17. The lowest BCUT2D eigenvalue weighted by Crippen LogP contribution is -2.12. The van der Waals surface area contributed by atoms with Crippen molar-refractivity contribution in [2.24, 2.45) is 4.99 Å². The zero-order valence-electron chi connectivity index (χ0n) is 7.14. The normalized spacial score (nSPS) is 12.1. The maximum Gasteiger partial charge on any atom is 0.334 e. The molecule has 0 aromatic carbocycles. The number of aromatic nitrogens is 1. The standard InChI is InChI=1S/C8H8BrN2O2P/c1-10-6(8(12)13)4-2-3-5(14)7(9)11-4/h2-3,6H,1,14H2,(H,12,13). The van der Waals surface area contributed by atoms with Gasteiger partial charge >= 0.3 is 5.97 Å². The number of aliphatic carboxylic acids is 1. The monoisotopic (exact) mass is 274 g/mol. The van der Waals surface area contributed by atoms with Gasteiger partial charge in [-0.15, -0.1) is 9.24 Å². The third-order valence-corrected chi connectivity index (χ3v) is 3.12. The van der Waals surface area contributed by atoms with Gasteiger partial charge in [0.05, 0.1) is 5.69 Å². The molecule has 0 radical (unpaired) electrons. The van der Waals surface area contributed by atoms with Gasteiger partial charge in [-0.1, -0.05) is 6.07 Å². The lowest BCUT2D eigenvalue weighted by atomic mass is 10.2. The Labute approximate surface area is 91.8 Å². The smallest absolute Gasteiger partial charge is 0.334 e. The fourth-order valence-electron chi connectivity index (χ4n) is 0.910. The van der Waals surface area contributed by atoms with E-state index >= 15 is 0 Å². The average molecular weight is 275 g/mol. The van der Waals surface area contributed by atoms with E-state index in [2.05, 4.69) is 41.9 Å². The molecule has 0 aliphatic rings. The van der Waals surface area contributed by atoms with E-state index in [1.165, 1.54) is 0 Å². The molecule has 1 aromatic rings. The summed E-state index contributed by atoms with van der Waals surface area (Å²) in [6.07, 6.45) is 0. The van der Waals surface area contributed by atoms with Gasteiger partial charge in [0.1, 0.15) is 4.60 Å². The van der Waals surface area contributed by atoms with Crippen LogP contribution in [0.2, 0.25) is 0 Å². The highest BCUT2D eigenvalue weighted by atomic mass is 79.9. The summed E-state index contributed by atoms with van der Waals surface area (Å²) < 4.78 is 0.593. The number of hydrogen-bond acceptors (Lipinski definition) is 3. The van der Waals surface area contributed by atoms with Crippen LogP contribution >= 0.6 is 25.2 Å². The van der Waals surface area contributed by atoms with Gasteiger partial charge in [0.15, 0.2) is 6.04 Å². The van der Waals surface area contributed by atoms with E-state index in [1.807, 2.05) is 0 Å². The highest BCUT2D eigenvalue weighted by molar-refractivity contribution is 9.10. The second-order valence-electron chi connectivity index (χ2n) is 2.54. The minimum Gasteiger partial charge on any atom is -0.479 e. The number of aliphatic imine (C=N–C) groups is 1. The minimum atomic E-state index is -1.06. The molecule has 0 aliphatic carbocycles. The largest absolute Gasteiger partial charge is 0.479 e. The number of pyridine rings is 1. The van der Waals surface area contributed by atoms with Crippen LogP contribution in [0.25, 0.3) is 0 Å². The molecule has 6 heteroatoms. The summed E-state index contributed by atoms with van der Waals surface area (Å²) in [7, 11) is 2.48. The van der Waals surface area contributed by atoms with Crippen molar-refractivity contribution in [3.8, 4) is 0 Å². The second kappa shape index (κ2) is 4.62. The van der Waals surface area contributed by atoms with E-state index in [9.17, 15) is 4.79 Å². The zero-order chi connectivity index (χ0) is 10.7. The molecule has 0 saturated carbocycles. The Kier molecular flexibility index (Phi) is 3.72. The molecule has 1 aromatic heterocycles. The van der Waals surface area contributed by atoms with Gasteiger partial charge in [-0.25, -0.2) is 9.78 Å². The molecule has 0 spiro atoms. The molecule has 0 fully saturated rings. The first-order valence-corrected chi connectivity index (χ1v) is 5.04. The van der Waals surface area contributed by atoms with E-state index in [1.54, 1.807) is 12.1 Å². The van der Waals surface area contributed by atoms with Crippen LogP contribution in [0.15, 0.2) is 21.7 Å². The Hall–Kier alpha value is -0.800. The van der Waals surface area contributed by atoms with Gasteiger partial charge in [0.2, 0.25) is 0 Å². The van der Waals surface area contributed by atoms with Gasteiger partial charge < -0.3 is 5.11 Å². The Bertz CT molecular complexity index is 384. The predicted molar refractivity (Wildman–Crippen MR) is 61.2 cm³/mol. The van der Waals surface area contributed by atoms with Crippen LogP contribution in [-0.2, 0) is 4.79 Å². The molecule has 0 saturated heterocycles. The highest BCUT2D eigenvalue weighted by Gasteiger charge is 2.19. The van der Waals surface area contributed by atoms with Gasteiger partial charge in [0, 0.05) is 5.30 Å². The zero-order valence-corrected chi connectivity index (χ0v) is 9.89.